The van der Waals surface area contributed by atoms with Gasteiger partial charge in [-0.3, -0.25) is 0 Å². The largest absolute Gasteiger partial charge is 0.383 e. The van der Waals surface area contributed by atoms with Crippen LogP contribution >= 0.6 is 0 Å². The van der Waals surface area contributed by atoms with Crippen LogP contribution in [0, 0.1) is 5.92 Å². The Morgan fingerprint density at radius 3 is 2.76 bits per heavy atom. The van der Waals surface area contributed by atoms with Crippen molar-refractivity contribution in [3.05, 3.63) is 0 Å². The van der Waals surface area contributed by atoms with Crippen molar-refractivity contribution in [3.63, 3.8) is 0 Å². The lowest BCUT2D eigenvalue weighted by Crippen LogP contribution is -2.49. The normalized spacial score (nSPS) is 30.4. The zero-order valence-corrected chi connectivity index (χ0v) is 11.0. The molecule has 2 aliphatic rings. The molecule has 0 aromatic carbocycles. The van der Waals surface area contributed by atoms with Crippen molar-refractivity contribution in [1.29, 1.82) is 0 Å². The van der Waals surface area contributed by atoms with Gasteiger partial charge in [0.15, 0.2) is 0 Å². The number of ether oxygens (including phenoxy) is 3. The third kappa shape index (κ3) is 3.19. The molecule has 2 saturated heterocycles. The van der Waals surface area contributed by atoms with Crippen molar-refractivity contribution in [3.8, 4) is 0 Å². The Morgan fingerprint density at radius 2 is 2.12 bits per heavy atom. The van der Waals surface area contributed by atoms with E-state index in [-0.39, 0.29) is 5.60 Å². The van der Waals surface area contributed by atoms with Gasteiger partial charge in [-0.25, -0.2) is 0 Å². The first kappa shape index (κ1) is 13.3. The van der Waals surface area contributed by atoms with Crippen LogP contribution in [0.15, 0.2) is 0 Å². The quantitative estimate of drug-likeness (QED) is 0.805. The highest BCUT2D eigenvalue weighted by atomic mass is 16.5. The van der Waals surface area contributed by atoms with E-state index in [0.717, 1.165) is 52.1 Å². The van der Waals surface area contributed by atoms with Crippen molar-refractivity contribution in [2.75, 3.05) is 40.6 Å². The zero-order valence-electron chi connectivity index (χ0n) is 11.0. The molecule has 0 radical (unpaired) electrons. The second-order valence-corrected chi connectivity index (χ2v) is 5.25. The third-order valence-electron chi connectivity index (χ3n) is 4.22. The zero-order chi connectivity index (χ0) is 12.1. The number of methoxy groups -OCH3 is 1. The van der Waals surface area contributed by atoms with Gasteiger partial charge < -0.3 is 19.5 Å². The smallest absolute Gasteiger partial charge is 0.0729 e. The fourth-order valence-electron chi connectivity index (χ4n) is 3.14. The summed E-state index contributed by atoms with van der Waals surface area (Å²) in [5.41, 5.74) is 0.0873. The molecular weight excluding hydrogens is 218 g/mol. The van der Waals surface area contributed by atoms with Gasteiger partial charge >= 0.3 is 0 Å². The molecular formula is C13H25NO3. The first-order chi connectivity index (χ1) is 8.29. The summed E-state index contributed by atoms with van der Waals surface area (Å²) in [4.78, 5) is 0. The van der Waals surface area contributed by atoms with Gasteiger partial charge in [-0.15, -0.1) is 0 Å². The fraction of sp³-hybridized carbons (Fsp3) is 1.00. The molecule has 2 unspecified atom stereocenters. The molecule has 1 spiro atoms. The SMILES string of the molecule is CNC(COC)C1CCOC2(CCOCC2)C1. The summed E-state index contributed by atoms with van der Waals surface area (Å²) in [6.07, 6.45) is 4.38. The minimum atomic E-state index is 0.0873. The lowest BCUT2D eigenvalue weighted by molar-refractivity contribution is -0.151. The van der Waals surface area contributed by atoms with Crippen molar-refractivity contribution in [2.24, 2.45) is 5.92 Å². The molecule has 2 rings (SSSR count). The van der Waals surface area contributed by atoms with Crippen LogP contribution in [0.25, 0.3) is 0 Å². The minimum absolute atomic E-state index is 0.0873. The van der Waals surface area contributed by atoms with E-state index in [1.807, 2.05) is 7.05 Å². The molecule has 17 heavy (non-hydrogen) atoms. The van der Waals surface area contributed by atoms with Gasteiger partial charge in [-0.2, -0.15) is 0 Å². The molecule has 0 aliphatic carbocycles. The first-order valence-corrected chi connectivity index (χ1v) is 6.67. The number of rotatable bonds is 4. The van der Waals surface area contributed by atoms with Crippen molar-refractivity contribution < 1.29 is 14.2 Å². The highest BCUT2D eigenvalue weighted by Crippen LogP contribution is 2.38. The molecule has 1 N–H and O–H groups in total. The van der Waals surface area contributed by atoms with Gasteiger partial charge in [0.1, 0.15) is 0 Å². The summed E-state index contributed by atoms with van der Waals surface area (Å²) >= 11 is 0. The lowest BCUT2D eigenvalue weighted by atomic mass is 9.78. The Bertz CT molecular complexity index is 223. The van der Waals surface area contributed by atoms with E-state index in [0.29, 0.717) is 12.0 Å². The molecule has 2 atom stereocenters. The molecule has 2 fully saturated rings. The molecule has 4 nitrogen and oxygen atoms in total. The maximum absolute atomic E-state index is 6.06. The van der Waals surface area contributed by atoms with Crippen LogP contribution in [-0.4, -0.2) is 52.2 Å². The minimum Gasteiger partial charge on any atom is -0.383 e. The van der Waals surface area contributed by atoms with E-state index < -0.39 is 0 Å². The second kappa shape index (κ2) is 6.14. The van der Waals surface area contributed by atoms with Crippen LogP contribution < -0.4 is 5.32 Å². The fourth-order valence-corrected chi connectivity index (χ4v) is 3.14. The summed E-state index contributed by atoms with van der Waals surface area (Å²) in [5.74, 6) is 0.659. The Hall–Kier alpha value is -0.160. The van der Waals surface area contributed by atoms with Crippen LogP contribution in [0.1, 0.15) is 25.7 Å². The van der Waals surface area contributed by atoms with Crippen molar-refractivity contribution in [1.82, 2.24) is 5.32 Å². The predicted molar refractivity (Wildman–Crippen MR) is 66.2 cm³/mol. The molecule has 4 heteroatoms. The third-order valence-corrected chi connectivity index (χ3v) is 4.22. The van der Waals surface area contributed by atoms with Gasteiger partial charge in [0.05, 0.1) is 12.2 Å². The molecule has 0 saturated carbocycles. The monoisotopic (exact) mass is 243 g/mol. The molecule has 0 bridgehead atoms. The average Bonchev–Trinajstić information content (AvgIpc) is 2.37. The summed E-state index contributed by atoms with van der Waals surface area (Å²) in [7, 11) is 3.80. The summed E-state index contributed by atoms with van der Waals surface area (Å²) in [6.45, 7) is 3.36. The van der Waals surface area contributed by atoms with E-state index in [1.54, 1.807) is 7.11 Å². The highest BCUT2D eigenvalue weighted by Gasteiger charge is 2.40. The van der Waals surface area contributed by atoms with Gasteiger partial charge in [0, 0.05) is 33.0 Å². The standard InChI is InChI=1S/C13H25NO3/c1-14-12(10-15-2)11-3-6-17-13(9-11)4-7-16-8-5-13/h11-12,14H,3-10H2,1-2H3. The molecule has 100 valence electrons. The molecule has 0 aromatic rings. The molecule has 0 aromatic heterocycles. The second-order valence-electron chi connectivity index (χ2n) is 5.25. The van der Waals surface area contributed by atoms with Gasteiger partial charge in [-0.05, 0) is 38.6 Å². The maximum Gasteiger partial charge on any atom is 0.0729 e. The van der Waals surface area contributed by atoms with Crippen LogP contribution in [-0.2, 0) is 14.2 Å². The number of nitrogens with one attached hydrogen (secondary N) is 1. The lowest BCUT2D eigenvalue weighted by Gasteiger charge is -2.45. The Labute approximate surface area is 104 Å². The van der Waals surface area contributed by atoms with E-state index in [9.17, 15) is 0 Å². The Balaban J connectivity index is 1.95. The summed E-state index contributed by atoms with van der Waals surface area (Å²) < 4.78 is 16.8. The first-order valence-electron chi connectivity index (χ1n) is 6.67. The number of hydrogen-bond acceptors (Lipinski definition) is 4. The molecule has 2 aliphatic heterocycles. The Kier molecular flexibility index (Phi) is 4.79. The van der Waals surface area contributed by atoms with Gasteiger partial charge in [-0.1, -0.05) is 0 Å². The number of hydrogen-bond donors (Lipinski definition) is 1. The van der Waals surface area contributed by atoms with Crippen LogP contribution in [0.2, 0.25) is 0 Å². The summed E-state index contributed by atoms with van der Waals surface area (Å²) in [5, 5.41) is 3.38. The summed E-state index contributed by atoms with van der Waals surface area (Å²) in [6, 6.07) is 0.448. The molecule has 2 heterocycles. The predicted octanol–water partition coefficient (Wildman–Crippen LogP) is 1.20. The van der Waals surface area contributed by atoms with Gasteiger partial charge in [0.2, 0.25) is 0 Å². The Morgan fingerprint density at radius 1 is 1.35 bits per heavy atom. The van der Waals surface area contributed by atoms with Crippen LogP contribution in [0.4, 0.5) is 0 Å². The van der Waals surface area contributed by atoms with E-state index in [1.165, 1.54) is 0 Å². The van der Waals surface area contributed by atoms with E-state index in [4.69, 9.17) is 14.2 Å². The molecule has 0 amide bonds. The average molecular weight is 243 g/mol. The van der Waals surface area contributed by atoms with E-state index >= 15 is 0 Å². The van der Waals surface area contributed by atoms with Crippen molar-refractivity contribution >= 4 is 0 Å². The van der Waals surface area contributed by atoms with Crippen molar-refractivity contribution in [2.45, 2.75) is 37.3 Å². The van der Waals surface area contributed by atoms with Crippen LogP contribution in [0.5, 0.6) is 0 Å². The highest BCUT2D eigenvalue weighted by molar-refractivity contribution is 4.92. The van der Waals surface area contributed by atoms with Crippen LogP contribution in [0.3, 0.4) is 0 Å². The van der Waals surface area contributed by atoms with E-state index in [2.05, 4.69) is 5.32 Å². The number of likely N-dealkylation sites (N-methyl/N-ethyl adjacent to an activating group) is 1. The topological polar surface area (TPSA) is 39.7 Å². The maximum atomic E-state index is 6.06. The van der Waals surface area contributed by atoms with Gasteiger partial charge in [0.25, 0.3) is 0 Å².